The number of esters is 6. The quantitative estimate of drug-likeness (QED) is 0.0395. The number of unbranched alkanes of at least 4 members (excludes halogenated alkanes) is 6. The number of amides is 5. The minimum atomic E-state index is -1.46. The number of nitrogens with one attached hydrogen (secondary N) is 2. The molecule has 0 aromatic carbocycles. The first-order valence-corrected chi connectivity index (χ1v) is 20.5. The van der Waals surface area contributed by atoms with Gasteiger partial charge in [-0.2, -0.15) is 9.59 Å². The summed E-state index contributed by atoms with van der Waals surface area (Å²) in [7, 11) is 0. The van der Waals surface area contributed by atoms with Gasteiger partial charge >= 0.3 is 60.1 Å². The zero-order valence-corrected chi connectivity index (χ0v) is 37.1. The fourth-order valence-corrected chi connectivity index (χ4v) is 5.46. The molecule has 22 heteroatoms. The smallest absolute Gasteiger partial charge is 0.407 e. The predicted molar refractivity (Wildman–Crippen MR) is 230 cm³/mol. The molecule has 0 bridgehead atoms. The highest BCUT2D eigenvalue weighted by Gasteiger charge is 2.42. The first-order valence-electron chi connectivity index (χ1n) is 20.5. The first-order chi connectivity index (χ1) is 31.5. The van der Waals surface area contributed by atoms with Gasteiger partial charge in [0.15, 0.2) is 0 Å². The Bertz CT molecular complexity index is 1620. The van der Waals surface area contributed by atoms with Gasteiger partial charge in [0.1, 0.15) is 51.7 Å². The average Bonchev–Trinajstić information content (AvgIpc) is 3.33. The van der Waals surface area contributed by atoms with Gasteiger partial charge in [0.2, 0.25) is 0 Å². The van der Waals surface area contributed by atoms with E-state index in [0.29, 0.717) is 45.1 Å². The summed E-state index contributed by atoms with van der Waals surface area (Å²) in [6, 6.07) is -0.717. The van der Waals surface area contributed by atoms with Crippen molar-refractivity contribution >= 4 is 60.1 Å². The van der Waals surface area contributed by atoms with Crippen LogP contribution in [0.3, 0.4) is 0 Å². The molecule has 5 amide bonds. The molecule has 1 heterocycles. The summed E-state index contributed by atoms with van der Waals surface area (Å²) in [5.41, 5.74) is -2.58. The van der Waals surface area contributed by atoms with E-state index in [1.54, 1.807) is 0 Å². The van der Waals surface area contributed by atoms with Crippen LogP contribution in [0.5, 0.6) is 0 Å². The number of ether oxygens (including phenoxy) is 7. The molecule has 0 radical (unpaired) electrons. The standard InChI is InChI=1S/C43H60N4O16.CO2/c1-7-33(48)57-26-42(27-58-34(49)8-2,28-59-35(50)9-3)25-44-21-17-13-15-19-23-46-40(55)47(41(46)56)24-20-16-14-18-22-45-39(54)63-32-43(29-60-36(51)10-4,30-61-37(52)11-5)31-62-38(53)12-6;2-1-3/h7-12,44H,1-6,13-32H2,(H,45,54);. The molecular formula is C44H60N4O18. The molecule has 66 heavy (non-hydrogen) atoms. The number of hydrogen-bond donors (Lipinski definition) is 2. The maximum Gasteiger partial charge on any atom is 0.407 e. The molecule has 1 rings (SSSR count). The lowest BCUT2D eigenvalue weighted by atomic mass is 9.90. The number of rotatable bonds is 36. The third kappa shape index (κ3) is 24.6. The van der Waals surface area contributed by atoms with Crippen LogP contribution in [0.25, 0.3) is 0 Å². The maximum atomic E-state index is 12.6. The van der Waals surface area contributed by atoms with Crippen molar-refractivity contribution in [1.29, 1.82) is 0 Å². The second-order valence-corrected chi connectivity index (χ2v) is 14.3. The molecule has 0 unspecified atom stereocenters. The second-order valence-electron chi connectivity index (χ2n) is 14.3. The molecule has 1 aliphatic rings. The summed E-state index contributed by atoms with van der Waals surface area (Å²) in [6.45, 7) is 18.9. The molecule has 364 valence electrons. The van der Waals surface area contributed by atoms with Crippen LogP contribution in [0.1, 0.15) is 51.4 Å². The van der Waals surface area contributed by atoms with Crippen molar-refractivity contribution < 1.29 is 85.9 Å². The van der Waals surface area contributed by atoms with E-state index >= 15 is 0 Å². The van der Waals surface area contributed by atoms with Crippen molar-refractivity contribution in [2.45, 2.75) is 51.4 Å². The van der Waals surface area contributed by atoms with Gasteiger partial charge in [-0.05, 0) is 32.2 Å². The molecule has 0 aromatic rings. The lowest BCUT2D eigenvalue weighted by Crippen LogP contribution is -2.64. The molecule has 0 aliphatic carbocycles. The predicted octanol–water partition coefficient (Wildman–Crippen LogP) is 3.05. The molecular weight excluding hydrogens is 872 g/mol. The summed E-state index contributed by atoms with van der Waals surface area (Å²) in [5, 5.41) is 5.81. The molecule has 1 saturated heterocycles. The molecule has 0 spiro atoms. The van der Waals surface area contributed by atoms with E-state index in [0.717, 1.165) is 49.3 Å². The van der Waals surface area contributed by atoms with E-state index in [1.807, 2.05) is 0 Å². The maximum absolute atomic E-state index is 12.6. The van der Waals surface area contributed by atoms with E-state index in [2.05, 4.69) is 50.1 Å². The van der Waals surface area contributed by atoms with Crippen molar-refractivity contribution in [2.24, 2.45) is 10.8 Å². The molecule has 22 nitrogen and oxygen atoms in total. The summed E-state index contributed by atoms with van der Waals surface area (Å²) in [5.74, 6) is -4.55. The summed E-state index contributed by atoms with van der Waals surface area (Å²) in [6.07, 6.45) is 10.4. The van der Waals surface area contributed by atoms with Gasteiger partial charge in [-0.25, -0.2) is 53.0 Å². The fourth-order valence-electron chi connectivity index (χ4n) is 5.46. The van der Waals surface area contributed by atoms with Gasteiger partial charge in [-0.1, -0.05) is 65.2 Å². The number of carbonyl (C=O) groups excluding carboxylic acids is 11. The Morgan fingerprint density at radius 3 is 1.08 bits per heavy atom. The minimum absolute atomic E-state index is 0.155. The average molecular weight is 933 g/mol. The Hall–Kier alpha value is -7.19. The van der Waals surface area contributed by atoms with Crippen LogP contribution in [-0.4, -0.2) is 149 Å². The SMILES string of the molecule is C=CC(=O)OCC(CNCCCCCCN1C(=O)N(CCCCCCNC(=O)OCC(COC(=O)C=C)(COC(=O)C=C)COC(=O)C=C)C1=O)(COC(=O)C=C)COC(=O)C=C.O=C=O. The first kappa shape index (κ1) is 58.8. The Labute approximate surface area is 382 Å². The highest BCUT2D eigenvalue weighted by molar-refractivity contribution is 6.11. The molecule has 0 saturated carbocycles. The topological polar surface area (TPSA) is 283 Å². The largest absolute Gasteiger partial charge is 0.462 e. The van der Waals surface area contributed by atoms with Crippen LogP contribution in [0.2, 0.25) is 0 Å². The van der Waals surface area contributed by atoms with Crippen LogP contribution >= 0.6 is 0 Å². The Morgan fingerprint density at radius 1 is 0.455 bits per heavy atom. The monoisotopic (exact) mass is 932 g/mol. The second kappa shape index (κ2) is 34.2. The highest BCUT2D eigenvalue weighted by atomic mass is 16.6. The summed E-state index contributed by atoms with van der Waals surface area (Å²) < 4.78 is 36.3. The lowest BCUT2D eigenvalue weighted by molar-refractivity contribution is -0.192. The van der Waals surface area contributed by atoms with E-state index in [-0.39, 0.29) is 64.2 Å². The number of urea groups is 2. The van der Waals surface area contributed by atoms with E-state index in [4.69, 9.17) is 42.7 Å². The minimum Gasteiger partial charge on any atom is -0.462 e. The van der Waals surface area contributed by atoms with E-state index < -0.39 is 79.2 Å². The van der Waals surface area contributed by atoms with E-state index in [9.17, 15) is 43.2 Å². The van der Waals surface area contributed by atoms with Gasteiger partial charge < -0.3 is 43.8 Å². The Kier molecular flexibility index (Phi) is 30.5. The molecule has 1 fully saturated rings. The Morgan fingerprint density at radius 2 is 0.742 bits per heavy atom. The van der Waals surface area contributed by atoms with E-state index in [1.165, 1.54) is 9.80 Å². The summed E-state index contributed by atoms with van der Waals surface area (Å²) >= 11 is 0. The lowest BCUT2D eigenvalue weighted by Gasteiger charge is -2.39. The van der Waals surface area contributed by atoms with Gasteiger partial charge in [0.25, 0.3) is 0 Å². The zero-order valence-electron chi connectivity index (χ0n) is 37.1. The third-order valence-electron chi connectivity index (χ3n) is 9.12. The number of carbonyl (C=O) groups is 9. The van der Waals surface area contributed by atoms with Crippen molar-refractivity contribution in [3.63, 3.8) is 0 Å². The zero-order chi connectivity index (χ0) is 49.8. The molecule has 0 atom stereocenters. The number of nitrogens with zero attached hydrogens (tertiary/aromatic N) is 2. The highest BCUT2D eigenvalue weighted by Crippen LogP contribution is 2.23. The summed E-state index contributed by atoms with van der Waals surface area (Å²) in [4.78, 5) is 127. The van der Waals surface area contributed by atoms with Crippen molar-refractivity contribution in [2.75, 3.05) is 79.0 Å². The van der Waals surface area contributed by atoms with Crippen molar-refractivity contribution in [3.8, 4) is 0 Å². The van der Waals surface area contributed by atoms with Crippen molar-refractivity contribution in [3.05, 3.63) is 75.9 Å². The van der Waals surface area contributed by atoms with Crippen LogP contribution in [0.15, 0.2) is 75.9 Å². The van der Waals surface area contributed by atoms with Crippen LogP contribution in [0, 0.1) is 10.8 Å². The fraction of sp³-hybridized carbons (Fsp3) is 0.500. The molecule has 0 aromatic heterocycles. The third-order valence-corrected chi connectivity index (χ3v) is 9.12. The van der Waals surface area contributed by atoms with Gasteiger partial charge in [0, 0.05) is 62.6 Å². The molecule has 2 N–H and O–H groups in total. The van der Waals surface area contributed by atoms with Gasteiger partial charge in [-0.3, -0.25) is 0 Å². The number of alkyl carbamates (subject to hydrolysis) is 1. The normalized spacial score (nSPS) is 11.6. The Balaban J connectivity index is 0.0000137. The van der Waals surface area contributed by atoms with Crippen LogP contribution < -0.4 is 10.6 Å². The van der Waals surface area contributed by atoms with Crippen LogP contribution in [-0.2, 0) is 71.5 Å². The van der Waals surface area contributed by atoms with Crippen molar-refractivity contribution in [1.82, 2.24) is 20.4 Å². The van der Waals surface area contributed by atoms with Gasteiger partial charge in [0.05, 0.1) is 5.41 Å². The molecule has 1 aliphatic heterocycles. The van der Waals surface area contributed by atoms with Crippen LogP contribution in [0.4, 0.5) is 14.4 Å². The number of hydrogen-bond acceptors (Lipinski definition) is 19. The van der Waals surface area contributed by atoms with Gasteiger partial charge in [-0.15, -0.1) is 0 Å². The number of imide groups is 2.